The lowest BCUT2D eigenvalue weighted by Crippen LogP contribution is -2.43. The molecule has 124 valence electrons. The molecule has 2 rings (SSSR count). The minimum atomic E-state index is -0.0409. The van der Waals surface area contributed by atoms with Gasteiger partial charge >= 0.3 is 0 Å². The Morgan fingerprint density at radius 3 is 2.27 bits per heavy atom. The number of benzene rings is 1. The van der Waals surface area contributed by atoms with Gasteiger partial charge in [0.25, 0.3) is 0 Å². The molecule has 0 aliphatic carbocycles. The summed E-state index contributed by atoms with van der Waals surface area (Å²) in [6.45, 7) is 2.12. The van der Waals surface area contributed by atoms with Crippen molar-refractivity contribution in [2.24, 2.45) is 5.73 Å². The van der Waals surface area contributed by atoms with Crippen LogP contribution in [-0.4, -0.2) is 50.7 Å². The molecule has 0 atom stereocenters. The van der Waals surface area contributed by atoms with Crippen molar-refractivity contribution in [1.29, 1.82) is 0 Å². The Morgan fingerprint density at radius 2 is 1.77 bits per heavy atom. The molecule has 0 radical (unpaired) electrons. The normalized spacial score (nSPS) is 15.8. The van der Waals surface area contributed by atoms with Crippen LogP contribution in [0.4, 0.5) is 5.69 Å². The van der Waals surface area contributed by atoms with Crippen LogP contribution in [0.5, 0.6) is 11.5 Å². The first-order chi connectivity index (χ1) is 10.1. The third-order valence-corrected chi connectivity index (χ3v) is 3.63. The Bertz CT molecular complexity index is 469. The third kappa shape index (κ3) is 5.36. The molecule has 1 fully saturated rings. The summed E-state index contributed by atoms with van der Waals surface area (Å²) in [5, 5.41) is 2.88. The van der Waals surface area contributed by atoms with Crippen molar-refractivity contribution in [3.8, 4) is 11.5 Å². The van der Waals surface area contributed by atoms with Crippen molar-refractivity contribution in [1.82, 2.24) is 4.90 Å². The number of carbonyl (C=O) groups excluding carboxylic acids is 1. The van der Waals surface area contributed by atoms with E-state index < -0.39 is 0 Å². The fourth-order valence-electron chi connectivity index (χ4n) is 2.39. The van der Waals surface area contributed by atoms with Crippen molar-refractivity contribution in [3.05, 3.63) is 18.2 Å². The van der Waals surface area contributed by atoms with Gasteiger partial charge < -0.3 is 20.5 Å². The van der Waals surface area contributed by atoms with E-state index in [0.29, 0.717) is 23.7 Å². The monoisotopic (exact) mass is 329 g/mol. The fourth-order valence-corrected chi connectivity index (χ4v) is 2.39. The highest BCUT2D eigenvalue weighted by atomic mass is 35.5. The van der Waals surface area contributed by atoms with E-state index in [0.717, 1.165) is 25.9 Å². The number of rotatable bonds is 5. The van der Waals surface area contributed by atoms with E-state index in [1.807, 2.05) is 0 Å². The zero-order valence-corrected chi connectivity index (χ0v) is 13.8. The number of hydrogen-bond acceptors (Lipinski definition) is 5. The second kappa shape index (κ2) is 8.82. The highest BCUT2D eigenvalue weighted by Gasteiger charge is 2.18. The van der Waals surface area contributed by atoms with E-state index in [9.17, 15) is 4.79 Å². The zero-order chi connectivity index (χ0) is 15.2. The van der Waals surface area contributed by atoms with Gasteiger partial charge in [-0.3, -0.25) is 9.69 Å². The van der Waals surface area contributed by atoms with Crippen LogP contribution in [0.3, 0.4) is 0 Å². The third-order valence-electron chi connectivity index (χ3n) is 3.63. The highest BCUT2D eigenvalue weighted by Crippen LogP contribution is 2.25. The average Bonchev–Trinajstić information content (AvgIpc) is 2.49. The molecule has 1 aromatic carbocycles. The Kier molecular flexibility index (Phi) is 7.44. The number of nitrogens with two attached hydrogens (primary N) is 1. The first kappa shape index (κ1) is 18.5. The van der Waals surface area contributed by atoms with Crippen molar-refractivity contribution in [2.45, 2.75) is 18.9 Å². The first-order valence-corrected chi connectivity index (χ1v) is 7.11. The van der Waals surface area contributed by atoms with Gasteiger partial charge in [-0.05, 0) is 12.8 Å². The van der Waals surface area contributed by atoms with E-state index in [4.69, 9.17) is 15.2 Å². The Hall–Kier alpha value is -1.50. The van der Waals surface area contributed by atoms with E-state index >= 15 is 0 Å². The average molecular weight is 330 g/mol. The molecule has 0 spiro atoms. The van der Waals surface area contributed by atoms with E-state index in [1.165, 1.54) is 0 Å². The van der Waals surface area contributed by atoms with Crippen molar-refractivity contribution < 1.29 is 14.3 Å². The van der Waals surface area contributed by atoms with Gasteiger partial charge in [0.1, 0.15) is 11.5 Å². The van der Waals surface area contributed by atoms with Crippen LogP contribution in [0.15, 0.2) is 18.2 Å². The predicted octanol–water partition coefficient (Wildman–Crippen LogP) is 1.49. The molecule has 1 saturated heterocycles. The SMILES string of the molecule is COc1cc(NC(=O)CN2CCC(N)CC2)cc(OC)c1.Cl. The molecule has 0 bridgehead atoms. The van der Waals surface area contributed by atoms with Crippen LogP contribution >= 0.6 is 12.4 Å². The van der Waals surface area contributed by atoms with Crippen LogP contribution in [0.25, 0.3) is 0 Å². The number of likely N-dealkylation sites (tertiary alicyclic amines) is 1. The summed E-state index contributed by atoms with van der Waals surface area (Å²) < 4.78 is 10.4. The first-order valence-electron chi connectivity index (χ1n) is 7.11. The molecule has 0 saturated carbocycles. The number of anilines is 1. The Morgan fingerprint density at radius 1 is 1.23 bits per heavy atom. The summed E-state index contributed by atoms with van der Waals surface area (Å²) in [5.74, 6) is 1.25. The van der Waals surface area contributed by atoms with Gasteiger partial charge in [0.05, 0.1) is 20.8 Å². The van der Waals surface area contributed by atoms with E-state index in [2.05, 4.69) is 10.2 Å². The van der Waals surface area contributed by atoms with Crippen molar-refractivity contribution >= 4 is 24.0 Å². The number of ether oxygens (including phenoxy) is 2. The molecule has 1 heterocycles. The number of nitrogens with zero attached hydrogens (tertiary/aromatic N) is 1. The standard InChI is InChI=1S/C15H23N3O3.ClH/c1-20-13-7-12(8-14(9-13)21-2)17-15(19)10-18-5-3-11(16)4-6-18;/h7-9,11H,3-6,10,16H2,1-2H3,(H,17,19);1H. The van der Waals surface area contributed by atoms with Crippen LogP contribution in [0.2, 0.25) is 0 Å². The Balaban J connectivity index is 0.00000242. The van der Waals surface area contributed by atoms with E-state index in [-0.39, 0.29) is 24.4 Å². The second-order valence-corrected chi connectivity index (χ2v) is 5.26. The zero-order valence-electron chi connectivity index (χ0n) is 13.0. The molecule has 1 aliphatic rings. The lowest BCUT2D eigenvalue weighted by Gasteiger charge is -2.29. The van der Waals surface area contributed by atoms with Crippen LogP contribution in [-0.2, 0) is 4.79 Å². The number of amides is 1. The molecule has 6 nitrogen and oxygen atoms in total. The molecule has 0 unspecified atom stereocenters. The topological polar surface area (TPSA) is 76.8 Å². The number of piperidine rings is 1. The number of methoxy groups -OCH3 is 2. The summed E-state index contributed by atoms with van der Waals surface area (Å²) in [4.78, 5) is 14.2. The van der Waals surface area contributed by atoms with E-state index in [1.54, 1.807) is 32.4 Å². The predicted molar refractivity (Wildman–Crippen MR) is 89.1 cm³/mol. The molecule has 7 heteroatoms. The molecule has 1 aromatic rings. The molecule has 1 amide bonds. The van der Waals surface area contributed by atoms with Gasteiger partial charge in [0.2, 0.25) is 5.91 Å². The molecule has 22 heavy (non-hydrogen) atoms. The maximum absolute atomic E-state index is 12.1. The smallest absolute Gasteiger partial charge is 0.238 e. The largest absolute Gasteiger partial charge is 0.497 e. The van der Waals surface area contributed by atoms with Gasteiger partial charge in [-0.1, -0.05) is 0 Å². The van der Waals surface area contributed by atoms with Crippen molar-refractivity contribution in [3.63, 3.8) is 0 Å². The summed E-state index contributed by atoms with van der Waals surface area (Å²) in [5.41, 5.74) is 6.53. The summed E-state index contributed by atoms with van der Waals surface area (Å²) in [6, 6.07) is 5.58. The second-order valence-electron chi connectivity index (χ2n) is 5.26. The quantitative estimate of drug-likeness (QED) is 0.856. The number of hydrogen-bond donors (Lipinski definition) is 2. The Labute approximate surface area is 137 Å². The number of carbonyl (C=O) groups is 1. The van der Waals surface area contributed by atoms with Gasteiger partial charge in [-0.15, -0.1) is 12.4 Å². The van der Waals surface area contributed by atoms with Gasteiger partial charge in [-0.2, -0.15) is 0 Å². The van der Waals surface area contributed by atoms with Crippen molar-refractivity contribution in [2.75, 3.05) is 39.2 Å². The number of halogens is 1. The maximum atomic E-state index is 12.1. The highest BCUT2D eigenvalue weighted by molar-refractivity contribution is 5.92. The van der Waals surface area contributed by atoms with Gasteiger partial charge in [0.15, 0.2) is 0 Å². The molecular formula is C15H24ClN3O3. The summed E-state index contributed by atoms with van der Waals surface area (Å²) in [7, 11) is 3.16. The minimum absolute atomic E-state index is 0. The fraction of sp³-hybridized carbons (Fsp3) is 0.533. The maximum Gasteiger partial charge on any atom is 0.238 e. The van der Waals surface area contributed by atoms with Gasteiger partial charge in [0, 0.05) is 43.0 Å². The van der Waals surface area contributed by atoms with Gasteiger partial charge in [-0.25, -0.2) is 0 Å². The molecule has 3 N–H and O–H groups in total. The lowest BCUT2D eigenvalue weighted by molar-refractivity contribution is -0.117. The molecule has 1 aliphatic heterocycles. The molecular weight excluding hydrogens is 306 g/mol. The van der Waals surface area contributed by atoms with Crippen LogP contribution in [0, 0.1) is 0 Å². The summed E-state index contributed by atoms with van der Waals surface area (Å²) >= 11 is 0. The number of nitrogens with one attached hydrogen (secondary N) is 1. The molecule has 0 aromatic heterocycles. The minimum Gasteiger partial charge on any atom is -0.497 e. The van der Waals surface area contributed by atoms with Crippen LogP contribution < -0.4 is 20.5 Å². The summed E-state index contributed by atoms with van der Waals surface area (Å²) in [6.07, 6.45) is 1.89. The lowest BCUT2D eigenvalue weighted by atomic mass is 10.1. The van der Waals surface area contributed by atoms with Crippen LogP contribution in [0.1, 0.15) is 12.8 Å².